The van der Waals surface area contributed by atoms with Crippen molar-refractivity contribution >= 4 is 28.2 Å². The third-order valence-corrected chi connectivity index (χ3v) is 5.16. The van der Waals surface area contributed by atoms with E-state index >= 15 is 0 Å². The lowest BCUT2D eigenvalue weighted by atomic mass is 10.1. The Labute approximate surface area is 164 Å². The summed E-state index contributed by atoms with van der Waals surface area (Å²) in [6.07, 6.45) is 3.47. The van der Waals surface area contributed by atoms with Crippen molar-refractivity contribution in [3.05, 3.63) is 81.8 Å². The third kappa shape index (κ3) is 3.52. The minimum atomic E-state index is -0.708. The highest BCUT2D eigenvalue weighted by Crippen LogP contribution is 2.25. The summed E-state index contributed by atoms with van der Waals surface area (Å²) in [6, 6.07) is 12.7. The van der Waals surface area contributed by atoms with Gasteiger partial charge in [-0.15, -0.1) is 11.3 Å². The molecule has 1 aromatic carbocycles. The lowest BCUT2D eigenvalue weighted by Crippen LogP contribution is -2.27. The van der Waals surface area contributed by atoms with Crippen LogP contribution in [0.15, 0.2) is 69.5 Å². The number of thiophene rings is 1. The molecule has 3 heterocycles. The highest BCUT2D eigenvalue weighted by Gasteiger charge is 2.15. The second-order valence-electron chi connectivity index (χ2n) is 6.07. The van der Waals surface area contributed by atoms with E-state index < -0.39 is 11.5 Å². The van der Waals surface area contributed by atoms with Gasteiger partial charge in [0.2, 0.25) is 0 Å². The molecule has 6 nitrogen and oxygen atoms in total. The number of para-hydroxylation sites is 1. The number of hydrogen-bond acceptors (Lipinski definition) is 6. The van der Waals surface area contributed by atoms with Gasteiger partial charge in [0.05, 0.1) is 7.11 Å². The number of carbonyl (C=O) groups excluding carboxylic acids is 1. The zero-order valence-electron chi connectivity index (χ0n) is 15.0. The van der Waals surface area contributed by atoms with Crippen LogP contribution >= 0.6 is 11.3 Å². The molecule has 0 bridgehead atoms. The Morgan fingerprint density at radius 3 is 2.89 bits per heavy atom. The molecule has 0 atom stereocenters. The van der Waals surface area contributed by atoms with E-state index in [0.717, 1.165) is 16.0 Å². The maximum absolute atomic E-state index is 12.5. The monoisotopic (exact) mass is 392 g/mol. The summed E-state index contributed by atoms with van der Waals surface area (Å²) in [7, 11) is 1.49. The molecule has 4 rings (SSSR count). The first-order chi connectivity index (χ1) is 13.7. The molecular weight excluding hydrogens is 376 g/mol. The highest BCUT2D eigenvalue weighted by molar-refractivity contribution is 7.13. The standard InChI is InChI=1S/C21H16N2O4S/c1-26-17-5-2-4-14-9-16(21(25)27-19(14)17)20(24)23-11-13-8-15(12-22-10-13)18-6-3-7-28-18/h2-10,12H,11H2,1H3,(H,23,24). The first-order valence-corrected chi connectivity index (χ1v) is 9.40. The molecule has 0 aliphatic heterocycles. The summed E-state index contributed by atoms with van der Waals surface area (Å²) in [4.78, 5) is 30.1. The summed E-state index contributed by atoms with van der Waals surface area (Å²) >= 11 is 1.62. The predicted molar refractivity (Wildman–Crippen MR) is 108 cm³/mol. The Balaban J connectivity index is 1.55. The van der Waals surface area contributed by atoms with Crippen LogP contribution in [0.1, 0.15) is 15.9 Å². The van der Waals surface area contributed by atoms with Crippen LogP contribution < -0.4 is 15.7 Å². The zero-order valence-corrected chi connectivity index (χ0v) is 15.8. The minimum Gasteiger partial charge on any atom is -0.493 e. The molecule has 0 unspecified atom stereocenters. The average molecular weight is 392 g/mol. The minimum absolute atomic E-state index is 0.0527. The van der Waals surface area contributed by atoms with E-state index in [1.807, 2.05) is 23.6 Å². The molecular formula is C21H16N2O4S. The molecule has 1 amide bonds. The number of methoxy groups -OCH3 is 1. The fourth-order valence-corrected chi connectivity index (χ4v) is 3.58. The topological polar surface area (TPSA) is 81.4 Å². The van der Waals surface area contributed by atoms with Crippen LogP contribution in [0.2, 0.25) is 0 Å². The van der Waals surface area contributed by atoms with Crippen LogP contribution in [0, 0.1) is 0 Å². The van der Waals surface area contributed by atoms with Gasteiger partial charge in [-0.3, -0.25) is 9.78 Å². The van der Waals surface area contributed by atoms with Crippen molar-refractivity contribution in [3.63, 3.8) is 0 Å². The van der Waals surface area contributed by atoms with Crippen molar-refractivity contribution in [2.24, 2.45) is 0 Å². The number of fused-ring (bicyclic) bond motifs is 1. The molecule has 1 N–H and O–H groups in total. The summed E-state index contributed by atoms with van der Waals surface area (Å²) in [5.41, 5.74) is 1.38. The first kappa shape index (κ1) is 17.9. The normalized spacial score (nSPS) is 10.8. The molecule has 0 spiro atoms. The Kier molecular flexibility index (Phi) is 4.90. The van der Waals surface area contributed by atoms with Crippen LogP contribution in [-0.2, 0) is 6.54 Å². The Morgan fingerprint density at radius 1 is 1.21 bits per heavy atom. The van der Waals surface area contributed by atoms with Gasteiger partial charge in [0, 0.05) is 34.8 Å². The molecule has 0 saturated carbocycles. The van der Waals surface area contributed by atoms with Crippen molar-refractivity contribution in [2.75, 3.05) is 7.11 Å². The summed E-state index contributed by atoms with van der Waals surface area (Å²) in [5.74, 6) is -0.0574. The Hall–Kier alpha value is -3.45. The summed E-state index contributed by atoms with van der Waals surface area (Å²) in [6.45, 7) is 0.251. The number of amides is 1. The second kappa shape index (κ2) is 7.66. The van der Waals surface area contributed by atoms with Gasteiger partial charge in [0.15, 0.2) is 11.3 Å². The van der Waals surface area contributed by atoms with Crippen LogP contribution in [0.5, 0.6) is 5.75 Å². The third-order valence-electron chi connectivity index (χ3n) is 4.24. The lowest BCUT2D eigenvalue weighted by molar-refractivity contribution is 0.0947. The molecule has 0 aliphatic carbocycles. The lowest BCUT2D eigenvalue weighted by Gasteiger charge is -2.08. The number of carbonyl (C=O) groups is 1. The predicted octanol–water partition coefficient (Wildman–Crippen LogP) is 3.86. The van der Waals surface area contributed by atoms with E-state index in [-0.39, 0.29) is 12.1 Å². The van der Waals surface area contributed by atoms with Crippen LogP contribution in [0.25, 0.3) is 21.4 Å². The number of nitrogens with zero attached hydrogens (tertiary/aromatic N) is 1. The van der Waals surface area contributed by atoms with Gasteiger partial charge in [-0.2, -0.15) is 0 Å². The zero-order chi connectivity index (χ0) is 19.5. The molecule has 0 radical (unpaired) electrons. The fraction of sp³-hybridized carbons (Fsp3) is 0.0952. The van der Waals surface area contributed by atoms with Crippen molar-refractivity contribution in [1.29, 1.82) is 0 Å². The van der Waals surface area contributed by atoms with Crippen molar-refractivity contribution in [2.45, 2.75) is 6.54 Å². The van der Waals surface area contributed by atoms with Crippen molar-refractivity contribution in [1.82, 2.24) is 10.3 Å². The van der Waals surface area contributed by atoms with E-state index in [0.29, 0.717) is 16.7 Å². The molecule has 4 aromatic rings. The SMILES string of the molecule is COc1cccc2cc(C(=O)NCc3cncc(-c4cccs4)c3)c(=O)oc12. The van der Waals surface area contributed by atoms with E-state index in [1.54, 1.807) is 41.9 Å². The maximum Gasteiger partial charge on any atom is 0.349 e. The van der Waals surface area contributed by atoms with E-state index in [4.69, 9.17) is 9.15 Å². The molecule has 28 heavy (non-hydrogen) atoms. The van der Waals surface area contributed by atoms with Gasteiger partial charge >= 0.3 is 5.63 Å². The van der Waals surface area contributed by atoms with Gasteiger partial charge in [-0.25, -0.2) is 4.79 Å². The average Bonchev–Trinajstić information content (AvgIpc) is 3.26. The van der Waals surface area contributed by atoms with Gasteiger partial charge in [0.1, 0.15) is 5.56 Å². The number of pyridine rings is 1. The van der Waals surface area contributed by atoms with Gasteiger partial charge in [-0.05, 0) is 35.2 Å². The molecule has 140 valence electrons. The van der Waals surface area contributed by atoms with Gasteiger partial charge in [-0.1, -0.05) is 18.2 Å². The smallest absolute Gasteiger partial charge is 0.349 e. The largest absolute Gasteiger partial charge is 0.493 e. The number of aromatic nitrogens is 1. The molecule has 0 saturated heterocycles. The quantitative estimate of drug-likeness (QED) is 0.522. The highest BCUT2D eigenvalue weighted by atomic mass is 32.1. The van der Waals surface area contributed by atoms with Gasteiger partial charge in [0.25, 0.3) is 5.91 Å². The van der Waals surface area contributed by atoms with E-state index in [9.17, 15) is 9.59 Å². The van der Waals surface area contributed by atoms with Crippen LogP contribution in [0.4, 0.5) is 0 Å². The molecule has 0 aliphatic rings. The van der Waals surface area contributed by atoms with Crippen LogP contribution in [0.3, 0.4) is 0 Å². The molecule has 3 aromatic heterocycles. The first-order valence-electron chi connectivity index (χ1n) is 8.52. The molecule has 7 heteroatoms. The summed E-state index contributed by atoms with van der Waals surface area (Å²) in [5, 5.41) is 5.37. The van der Waals surface area contributed by atoms with E-state index in [2.05, 4.69) is 10.3 Å². The molecule has 0 fully saturated rings. The number of ether oxygens (including phenoxy) is 1. The second-order valence-corrected chi connectivity index (χ2v) is 7.02. The number of benzene rings is 1. The number of rotatable bonds is 5. The van der Waals surface area contributed by atoms with Crippen molar-refractivity contribution in [3.8, 4) is 16.2 Å². The maximum atomic E-state index is 12.5. The van der Waals surface area contributed by atoms with Gasteiger partial charge < -0.3 is 14.5 Å². The summed E-state index contributed by atoms with van der Waals surface area (Å²) < 4.78 is 10.5. The van der Waals surface area contributed by atoms with E-state index in [1.165, 1.54) is 13.2 Å². The number of hydrogen-bond donors (Lipinski definition) is 1. The van der Waals surface area contributed by atoms with Crippen LogP contribution in [-0.4, -0.2) is 18.0 Å². The number of nitrogens with one attached hydrogen (secondary N) is 1. The Bertz CT molecular complexity index is 1200. The fourth-order valence-electron chi connectivity index (χ4n) is 2.88. The van der Waals surface area contributed by atoms with Crippen molar-refractivity contribution < 1.29 is 13.9 Å². The Morgan fingerprint density at radius 2 is 2.11 bits per heavy atom.